The van der Waals surface area contributed by atoms with E-state index in [1.54, 1.807) is 0 Å². The maximum absolute atomic E-state index is 5.66. The molecular weight excluding hydrogens is 186 g/mol. The third kappa shape index (κ3) is 2.55. The van der Waals surface area contributed by atoms with Crippen LogP contribution >= 0.6 is 0 Å². The van der Waals surface area contributed by atoms with Crippen LogP contribution in [0, 0.1) is 12.3 Å². The zero-order valence-electron chi connectivity index (χ0n) is 10.0. The second-order valence-electron chi connectivity index (χ2n) is 4.67. The van der Waals surface area contributed by atoms with E-state index in [2.05, 4.69) is 38.1 Å². The smallest absolute Gasteiger partial charge is 0.0528 e. The van der Waals surface area contributed by atoms with Crippen molar-refractivity contribution in [3.63, 3.8) is 0 Å². The zero-order chi connectivity index (χ0) is 11.5. The monoisotopic (exact) mass is 207 g/mol. The van der Waals surface area contributed by atoms with Gasteiger partial charge in [-0.25, -0.2) is 0 Å². The Bertz CT molecular complexity index is 320. The Labute approximate surface area is 92.1 Å². The molecule has 0 amide bonds. The van der Waals surface area contributed by atoms with Crippen molar-refractivity contribution in [1.82, 2.24) is 10.4 Å². The zero-order valence-corrected chi connectivity index (χ0v) is 10.0. The molecule has 3 nitrogen and oxygen atoms in total. The van der Waals surface area contributed by atoms with Crippen LogP contribution in [-0.4, -0.2) is 4.98 Å². The molecule has 0 saturated carbocycles. The van der Waals surface area contributed by atoms with E-state index in [1.165, 1.54) is 11.1 Å². The molecule has 1 aromatic rings. The van der Waals surface area contributed by atoms with Gasteiger partial charge in [0.15, 0.2) is 0 Å². The SMILES string of the molecule is CCC(C)(C)C(NN)c1cnccc1C. The topological polar surface area (TPSA) is 50.9 Å². The van der Waals surface area contributed by atoms with E-state index >= 15 is 0 Å². The molecule has 0 radical (unpaired) electrons. The number of hydrazine groups is 1. The molecule has 1 atom stereocenters. The molecule has 0 aliphatic carbocycles. The quantitative estimate of drug-likeness (QED) is 0.588. The molecule has 0 fully saturated rings. The summed E-state index contributed by atoms with van der Waals surface area (Å²) in [5.41, 5.74) is 5.46. The molecule has 0 saturated heterocycles. The predicted octanol–water partition coefficient (Wildman–Crippen LogP) is 2.33. The second-order valence-corrected chi connectivity index (χ2v) is 4.67. The lowest BCUT2D eigenvalue weighted by Gasteiger charge is -2.33. The number of hydrogen-bond acceptors (Lipinski definition) is 3. The number of nitrogens with two attached hydrogens (primary N) is 1. The van der Waals surface area contributed by atoms with Crippen molar-refractivity contribution in [2.75, 3.05) is 0 Å². The highest BCUT2D eigenvalue weighted by molar-refractivity contribution is 5.26. The number of nitrogens with zero attached hydrogens (tertiary/aromatic N) is 1. The van der Waals surface area contributed by atoms with Gasteiger partial charge in [-0.3, -0.25) is 16.3 Å². The lowest BCUT2D eigenvalue weighted by Crippen LogP contribution is -2.38. The summed E-state index contributed by atoms with van der Waals surface area (Å²) in [6, 6.07) is 2.17. The summed E-state index contributed by atoms with van der Waals surface area (Å²) in [4.78, 5) is 4.17. The molecule has 3 N–H and O–H groups in total. The summed E-state index contributed by atoms with van der Waals surface area (Å²) in [6.07, 6.45) is 4.78. The normalized spacial score (nSPS) is 13.9. The van der Waals surface area contributed by atoms with Gasteiger partial charge in [-0.05, 0) is 36.0 Å². The number of nitrogens with one attached hydrogen (secondary N) is 1. The number of rotatable bonds is 4. The molecule has 0 bridgehead atoms. The van der Waals surface area contributed by atoms with Gasteiger partial charge in [-0.1, -0.05) is 20.8 Å². The summed E-state index contributed by atoms with van der Waals surface area (Å²) in [5.74, 6) is 5.66. The largest absolute Gasteiger partial charge is 0.271 e. The van der Waals surface area contributed by atoms with Gasteiger partial charge >= 0.3 is 0 Å². The standard InChI is InChI=1S/C12H21N3/c1-5-12(3,4)11(15-13)10-8-14-7-6-9(10)2/h6-8,11,15H,5,13H2,1-4H3. The summed E-state index contributed by atoms with van der Waals surface area (Å²) in [5, 5.41) is 0. The van der Waals surface area contributed by atoms with Crippen LogP contribution in [0.4, 0.5) is 0 Å². The lowest BCUT2D eigenvalue weighted by atomic mass is 9.78. The Hall–Kier alpha value is -0.930. The number of aryl methyl sites for hydroxylation is 1. The minimum atomic E-state index is 0.128. The van der Waals surface area contributed by atoms with Crippen molar-refractivity contribution in [1.29, 1.82) is 0 Å². The maximum Gasteiger partial charge on any atom is 0.0528 e. The van der Waals surface area contributed by atoms with Crippen molar-refractivity contribution in [3.8, 4) is 0 Å². The summed E-state index contributed by atoms with van der Waals surface area (Å²) < 4.78 is 0. The first-order valence-electron chi connectivity index (χ1n) is 5.39. The molecule has 3 heteroatoms. The summed E-state index contributed by atoms with van der Waals surface area (Å²) in [7, 11) is 0. The first-order chi connectivity index (χ1) is 7.03. The summed E-state index contributed by atoms with van der Waals surface area (Å²) >= 11 is 0. The van der Waals surface area contributed by atoms with Gasteiger partial charge in [0.25, 0.3) is 0 Å². The fraction of sp³-hybridized carbons (Fsp3) is 0.583. The van der Waals surface area contributed by atoms with E-state index in [9.17, 15) is 0 Å². The van der Waals surface area contributed by atoms with Crippen molar-refractivity contribution in [2.45, 2.75) is 40.2 Å². The van der Waals surface area contributed by atoms with Gasteiger partial charge in [0.2, 0.25) is 0 Å². The Balaban J connectivity index is 3.08. The van der Waals surface area contributed by atoms with Crippen LogP contribution in [-0.2, 0) is 0 Å². The van der Waals surface area contributed by atoms with E-state index in [0.717, 1.165) is 6.42 Å². The molecule has 0 aliphatic heterocycles. The van der Waals surface area contributed by atoms with Gasteiger partial charge < -0.3 is 0 Å². The average Bonchev–Trinajstić information content (AvgIpc) is 2.21. The Kier molecular flexibility index (Phi) is 3.83. The number of pyridine rings is 1. The molecule has 0 aromatic carbocycles. The predicted molar refractivity (Wildman–Crippen MR) is 63.1 cm³/mol. The number of hydrogen-bond donors (Lipinski definition) is 2. The molecule has 15 heavy (non-hydrogen) atoms. The molecule has 1 aromatic heterocycles. The molecule has 1 rings (SSSR count). The molecule has 0 aliphatic rings. The minimum Gasteiger partial charge on any atom is -0.271 e. The van der Waals surface area contributed by atoms with Crippen molar-refractivity contribution >= 4 is 0 Å². The van der Waals surface area contributed by atoms with Gasteiger partial charge in [0.1, 0.15) is 0 Å². The highest BCUT2D eigenvalue weighted by atomic mass is 15.2. The second kappa shape index (κ2) is 4.73. The number of aromatic nitrogens is 1. The van der Waals surface area contributed by atoms with Crippen molar-refractivity contribution < 1.29 is 0 Å². The Morgan fingerprint density at radius 1 is 1.53 bits per heavy atom. The van der Waals surface area contributed by atoms with Gasteiger partial charge in [0.05, 0.1) is 6.04 Å². The maximum atomic E-state index is 5.66. The van der Waals surface area contributed by atoms with Crippen LogP contribution in [0.1, 0.15) is 44.4 Å². The van der Waals surface area contributed by atoms with Crippen LogP contribution in [0.25, 0.3) is 0 Å². The van der Waals surface area contributed by atoms with Crippen LogP contribution in [0.3, 0.4) is 0 Å². The van der Waals surface area contributed by atoms with Crippen LogP contribution < -0.4 is 11.3 Å². The summed E-state index contributed by atoms with van der Waals surface area (Å²) in [6.45, 7) is 8.69. The van der Waals surface area contributed by atoms with Gasteiger partial charge in [-0.15, -0.1) is 0 Å². The van der Waals surface area contributed by atoms with Crippen LogP contribution in [0.15, 0.2) is 18.5 Å². The van der Waals surface area contributed by atoms with Gasteiger partial charge in [0, 0.05) is 12.4 Å². The molecule has 1 unspecified atom stereocenters. The molecule has 1 heterocycles. The van der Waals surface area contributed by atoms with Gasteiger partial charge in [-0.2, -0.15) is 0 Å². The highest BCUT2D eigenvalue weighted by Gasteiger charge is 2.29. The average molecular weight is 207 g/mol. The Morgan fingerprint density at radius 3 is 2.67 bits per heavy atom. The fourth-order valence-corrected chi connectivity index (χ4v) is 1.72. The van der Waals surface area contributed by atoms with Crippen molar-refractivity contribution in [2.24, 2.45) is 11.3 Å². The van der Waals surface area contributed by atoms with E-state index in [0.29, 0.717) is 0 Å². The van der Waals surface area contributed by atoms with E-state index < -0.39 is 0 Å². The highest BCUT2D eigenvalue weighted by Crippen LogP contribution is 2.36. The van der Waals surface area contributed by atoms with E-state index in [1.807, 2.05) is 18.5 Å². The van der Waals surface area contributed by atoms with Crippen LogP contribution in [0.5, 0.6) is 0 Å². The van der Waals surface area contributed by atoms with E-state index in [4.69, 9.17) is 5.84 Å². The lowest BCUT2D eigenvalue weighted by molar-refractivity contribution is 0.235. The minimum absolute atomic E-state index is 0.128. The molecular formula is C12H21N3. The van der Waals surface area contributed by atoms with Crippen LogP contribution in [0.2, 0.25) is 0 Å². The first kappa shape index (κ1) is 12.1. The third-order valence-corrected chi connectivity index (χ3v) is 3.25. The fourth-order valence-electron chi connectivity index (χ4n) is 1.72. The van der Waals surface area contributed by atoms with E-state index in [-0.39, 0.29) is 11.5 Å². The Morgan fingerprint density at radius 2 is 2.20 bits per heavy atom. The third-order valence-electron chi connectivity index (χ3n) is 3.25. The molecule has 0 spiro atoms. The molecule has 84 valence electrons. The van der Waals surface area contributed by atoms with Crippen molar-refractivity contribution in [3.05, 3.63) is 29.6 Å². The first-order valence-corrected chi connectivity index (χ1v) is 5.39.